The monoisotopic (exact) mass is 397 g/mol. The van der Waals surface area contributed by atoms with E-state index in [9.17, 15) is 14.0 Å². The number of Topliss-reactive ketones (excluding diaryl/α,β-unsaturated/α-hetero) is 1. The van der Waals surface area contributed by atoms with Gasteiger partial charge in [0.15, 0.2) is 5.78 Å². The molecule has 3 rings (SSSR count). The Morgan fingerprint density at radius 3 is 2.72 bits per heavy atom. The molecule has 1 aromatic heterocycles. The molecule has 5 nitrogen and oxygen atoms in total. The molecular formula is C23H28FN3O2. The van der Waals surface area contributed by atoms with Crippen LogP contribution in [0.25, 0.3) is 0 Å². The number of nitrogens with zero attached hydrogens (tertiary/aromatic N) is 1. The number of hydrogen-bond donors (Lipinski definition) is 2. The third kappa shape index (κ3) is 5.94. The van der Waals surface area contributed by atoms with Gasteiger partial charge in [-0.3, -0.25) is 9.59 Å². The minimum Gasteiger partial charge on any atom is -0.352 e. The molecule has 1 aliphatic heterocycles. The number of carbonyl (C=O) groups is 2. The molecule has 0 aliphatic carbocycles. The average Bonchev–Trinajstić information content (AvgIpc) is 2.74. The number of nitrogens with one attached hydrogen (secondary N) is 2. The normalized spacial score (nSPS) is 19.0. The number of rotatable bonds is 8. The maximum Gasteiger partial charge on any atom is 0.251 e. The Kier molecular flexibility index (Phi) is 7.09. The first-order chi connectivity index (χ1) is 14.0. The van der Waals surface area contributed by atoms with E-state index < -0.39 is 5.67 Å². The molecule has 0 spiro atoms. The molecule has 1 amide bonds. The fraction of sp³-hybridized carbons (Fsp3) is 0.435. The number of pyridine rings is 1. The fourth-order valence-electron chi connectivity index (χ4n) is 3.58. The summed E-state index contributed by atoms with van der Waals surface area (Å²) < 4.78 is 14.7. The molecule has 0 radical (unpaired) electrons. The molecule has 2 aromatic rings. The van der Waals surface area contributed by atoms with Crippen molar-refractivity contribution in [1.82, 2.24) is 15.6 Å². The van der Waals surface area contributed by atoms with Crippen LogP contribution < -0.4 is 10.6 Å². The van der Waals surface area contributed by atoms with Crippen LogP contribution in [0, 0.1) is 0 Å². The maximum atomic E-state index is 14.7. The summed E-state index contributed by atoms with van der Waals surface area (Å²) in [7, 11) is 0. The third-order valence-corrected chi connectivity index (χ3v) is 5.25. The highest BCUT2D eigenvalue weighted by molar-refractivity contribution is 5.99. The number of amides is 1. The number of aromatic nitrogens is 1. The standard InChI is InChI=1S/C23H28FN3O2/c1-2-21(28)20-15-18(14-19(27-20)13-17-7-4-3-5-8-17)22(29)26-12-10-23(24)9-6-11-25-16-23/h3-5,7-8,14-15,25H,2,6,9-13,16H2,1H3,(H,26,29)/t23-/m1/s1. The Hall–Kier alpha value is -2.60. The molecule has 0 saturated carbocycles. The van der Waals surface area contributed by atoms with Crippen LogP contribution in [0.5, 0.6) is 0 Å². The van der Waals surface area contributed by atoms with E-state index in [1.165, 1.54) is 6.07 Å². The predicted molar refractivity (Wildman–Crippen MR) is 111 cm³/mol. The Bertz CT molecular complexity index is 848. The number of benzene rings is 1. The highest BCUT2D eigenvalue weighted by Gasteiger charge is 2.31. The molecule has 0 unspecified atom stereocenters. The highest BCUT2D eigenvalue weighted by atomic mass is 19.1. The second kappa shape index (κ2) is 9.74. The lowest BCUT2D eigenvalue weighted by Crippen LogP contribution is -2.44. The van der Waals surface area contributed by atoms with Crippen LogP contribution in [0.2, 0.25) is 0 Å². The van der Waals surface area contributed by atoms with Crippen LogP contribution in [-0.4, -0.2) is 42.0 Å². The maximum absolute atomic E-state index is 14.7. The van der Waals surface area contributed by atoms with E-state index in [2.05, 4.69) is 15.6 Å². The molecule has 0 bridgehead atoms. The van der Waals surface area contributed by atoms with Gasteiger partial charge >= 0.3 is 0 Å². The van der Waals surface area contributed by atoms with Crippen LogP contribution in [0.1, 0.15) is 64.7 Å². The second-order valence-electron chi connectivity index (χ2n) is 7.61. The predicted octanol–water partition coefficient (Wildman–Crippen LogP) is 3.48. The van der Waals surface area contributed by atoms with Gasteiger partial charge in [-0.05, 0) is 37.1 Å². The summed E-state index contributed by atoms with van der Waals surface area (Å²) in [6.45, 7) is 3.19. The van der Waals surface area contributed by atoms with Gasteiger partial charge in [0.1, 0.15) is 11.4 Å². The molecule has 29 heavy (non-hydrogen) atoms. The van der Waals surface area contributed by atoms with Gasteiger partial charge in [-0.2, -0.15) is 0 Å². The molecule has 1 fully saturated rings. The first-order valence-corrected chi connectivity index (χ1v) is 10.2. The van der Waals surface area contributed by atoms with Crippen LogP contribution in [0.4, 0.5) is 4.39 Å². The summed E-state index contributed by atoms with van der Waals surface area (Å²) in [5, 5.41) is 5.87. The number of hydrogen-bond acceptors (Lipinski definition) is 4. The van der Waals surface area contributed by atoms with Gasteiger partial charge in [0.05, 0.1) is 0 Å². The van der Waals surface area contributed by atoms with Gasteiger partial charge in [0, 0.05) is 43.6 Å². The van der Waals surface area contributed by atoms with Crippen LogP contribution in [0.15, 0.2) is 42.5 Å². The van der Waals surface area contributed by atoms with Gasteiger partial charge in [-0.25, -0.2) is 9.37 Å². The van der Waals surface area contributed by atoms with E-state index >= 15 is 0 Å². The molecule has 1 aliphatic rings. The number of piperidine rings is 1. The van der Waals surface area contributed by atoms with E-state index in [1.54, 1.807) is 13.0 Å². The summed E-state index contributed by atoms with van der Waals surface area (Å²) in [5.41, 5.74) is 1.13. The van der Waals surface area contributed by atoms with Crippen molar-refractivity contribution in [3.05, 3.63) is 65.0 Å². The Morgan fingerprint density at radius 1 is 1.24 bits per heavy atom. The quantitative estimate of drug-likeness (QED) is 0.669. The van der Waals surface area contributed by atoms with E-state index in [-0.39, 0.29) is 24.7 Å². The van der Waals surface area contributed by atoms with Gasteiger partial charge < -0.3 is 10.6 Å². The van der Waals surface area contributed by atoms with Gasteiger partial charge in [0.2, 0.25) is 0 Å². The van der Waals surface area contributed by atoms with Crippen molar-refractivity contribution in [2.75, 3.05) is 19.6 Å². The Balaban J connectivity index is 1.71. The summed E-state index contributed by atoms with van der Waals surface area (Å²) in [4.78, 5) is 29.3. The lowest BCUT2D eigenvalue weighted by atomic mass is 9.92. The van der Waals surface area contributed by atoms with Crippen molar-refractivity contribution in [3.8, 4) is 0 Å². The van der Waals surface area contributed by atoms with Crippen molar-refractivity contribution in [1.29, 1.82) is 0 Å². The molecule has 6 heteroatoms. The van der Waals surface area contributed by atoms with E-state index in [0.717, 1.165) is 18.5 Å². The Labute approximate surface area is 171 Å². The lowest BCUT2D eigenvalue weighted by molar-refractivity contribution is 0.0907. The van der Waals surface area contributed by atoms with Crippen molar-refractivity contribution in [3.63, 3.8) is 0 Å². The smallest absolute Gasteiger partial charge is 0.251 e. The second-order valence-corrected chi connectivity index (χ2v) is 7.61. The highest BCUT2D eigenvalue weighted by Crippen LogP contribution is 2.24. The van der Waals surface area contributed by atoms with E-state index in [1.807, 2.05) is 30.3 Å². The zero-order valence-corrected chi connectivity index (χ0v) is 16.8. The molecule has 1 atom stereocenters. The van der Waals surface area contributed by atoms with Crippen molar-refractivity contribution in [2.24, 2.45) is 0 Å². The van der Waals surface area contributed by atoms with E-state index in [4.69, 9.17) is 0 Å². The number of ketones is 1. The largest absolute Gasteiger partial charge is 0.352 e. The zero-order valence-electron chi connectivity index (χ0n) is 16.8. The Morgan fingerprint density at radius 2 is 2.03 bits per heavy atom. The molecule has 1 saturated heterocycles. The van der Waals surface area contributed by atoms with Crippen molar-refractivity contribution in [2.45, 2.75) is 44.7 Å². The average molecular weight is 397 g/mol. The summed E-state index contributed by atoms with van der Waals surface area (Å²) in [5.74, 6) is -0.413. The number of alkyl halides is 1. The van der Waals surface area contributed by atoms with Crippen LogP contribution in [-0.2, 0) is 6.42 Å². The minimum atomic E-state index is -1.27. The summed E-state index contributed by atoms with van der Waals surface area (Å²) in [6, 6.07) is 13.0. The first-order valence-electron chi connectivity index (χ1n) is 10.2. The van der Waals surface area contributed by atoms with Crippen LogP contribution >= 0.6 is 0 Å². The van der Waals surface area contributed by atoms with Crippen LogP contribution in [0.3, 0.4) is 0 Å². The van der Waals surface area contributed by atoms with E-state index in [0.29, 0.717) is 42.8 Å². The SMILES string of the molecule is CCC(=O)c1cc(C(=O)NCC[C@]2(F)CCCNC2)cc(Cc2ccccc2)n1. The molecule has 1 aromatic carbocycles. The van der Waals surface area contributed by atoms with Crippen molar-refractivity contribution >= 4 is 11.7 Å². The molecule has 2 heterocycles. The number of carbonyl (C=O) groups excluding carboxylic acids is 2. The number of halogens is 1. The van der Waals surface area contributed by atoms with Gasteiger partial charge in [-0.1, -0.05) is 37.3 Å². The fourth-order valence-corrected chi connectivity index (χ4v) is 3.58. The third-order valence-electron chi connectivity index (χ3n) is 5.25. The minimum absolute atomic E-state index is 0.107. The van der Waals surface area contributed by atoms with Gasteiger partial charge in [0.25, 0.3) is 5.91 Å². The first kappa shape index (κ1) is 21.1. The van der Waals surface area contributed by atoms with Crippen molar-refractivity contribution < 1.29 is 14.0 Å². The molecular weight excluding hydrogens is 369 g/mol. The van der Waals surface area contributed by atoms with Gasteiger partial charge in [-0.15, -0.1) is 0 Å². The molecule has 154 valence electrons. The lowest BCUT2D eigenvalue weighted by Gasteiger charge is -2.30. The zero-order chi connectivity index (χ0) is 20.7. The summed E-state index contributed by atoms with van der Waals surface area (Å²) in [6.07, 6.45) is 2.45. The summed E-state index contributed by atoms with van der Waals surface area (Å²) >= 11 is 0. The molecule has 2 N–H and O–H groups in total. The topological polar surface area (TPSA) is 71.1 Å².